The van der Waals surface area contributed by atoms with E-state index in [-0.39, 0.29) is 5.38 Å². The van der Waals surface area contributed by atoms with Crippen molar-refractivity contribution in [1.29, 1.82) is 0 Å². The predicted octanol–water partition coefficient (Wildman–Crippen LogP) is 7.22. The van der Waals surface area contributed by atoms with Gasteiger partial charge in [-0.05, 0) is 71.3 Å². The number of fused-ring (bicyclic) bond motifs is 1. The van der Waals surface area contributed by atoms with Crippen LogP contribution in [0.15, 0.2) is 91.0 Å². The Morgan fingerprint density at radius 1 is 0.806 bits per heavy atom. The van der Waals surface area contributed by atoms with E-state index in [0.29, 0.717) is 12.2 Å². The molecule has 4 rings (SSSR count). The van der Waals surface area contributed by atoms with E-state index in [1.165, 1.54) is 0 Å². The van der Waals surface area contributed by atoms with Crippen LogP contribution in [0.3, 0.4) is 0 Å². The summed E-state index contributed by atoms with van der Waals surface area (Å²) < 4.78 is 11.2. The number of ether oxygens (including phenoxy) is 2. The fourth-order valence-electron chi connectivity index (χ4n) is 3.67. The molecule has 0 radical (unpaired) electrons. The van der Waals surface area contributed by atoms with Crippen LogP contribution in [0.2, 0.25) is 0 Å². The van der Waals surface area contributed by atoms with Gasteiger partial charge in [0.1, 0.15) is 17.2 Å². The van der Waals surface area contributed by atoms with E-state index in [1.54, 1.807) is 14.0 Å². The number of aliphatic hydroxyl groups is 1. The summed E-state index contributed by atoms with van der Waals surface area (Å²) in [5, 5.41) is 13.1. The highest BCUT2D eigenvalue weighted by molar-refractivity contribution is 6.21. The molecule has 0 spiro atoms. The Balaban J connectivity index is 1.52. The Morgan fingerprint density at radius 3 is 2.29 bits per heavy atom. The van der Waals surface area contributed by atoms with E-state index in [2.05, 4.69) is 6.07 Å². The number of para-hydroxylation sites is 1. The van der Waals surface area contributed by atoms with Crippen LogP contribution in [0.25, 0.3) is 10.8 Å². The van der Waals surface area contributed by atoms with Gasteiger partial charge in [-0.3, -0.25) is 0 Å². The molecule has 0 aliphatic rings. The third-order valence-electron chi connectivity index (χ3n) is 5.44. The van der Waals surface area contributed by atoms with Crippen molar-refractivity contribution in [3.63, 3.8) is 0 Å². The van der Waals surface area contributed by atoms with Gasteiger partial charge < -0.3 is 14.6 Å². The molecule has 0 saturated heterocycles. The van der Waals surface area contributed by atoms with E-state index < -0.39 is 5.60 Å². The summed E-state index contributed by atoms with van der Waals surface area (Å²) in [4.78, 5) is 0. The molecule has 0 fully saturated rings. The van der Waals surface area contributed by atoms with E-state index in [9.17, 15) is 5.11 Å². The van der Waals surface area contributed by atoms with Gasteiger partial charge in [-0.25, -0.2) is 0 Å². The van der Waals surface area contributed by atoms with Gasteiger partial charge in [0.2, 0.25) is 0 Å². The lowest BCUT2D eigenvalue weighted by molar-refractivity contribution is 0.0465. The molecule has 0 aromatic heterocycles. The van der Waals surface area contributed by atoms with Crippen LogP contribution in [0, 0.1) is 0 Å². The van der Waals surface area contributed by atoms with Crippen LogP contribution in [0.1, 0.15) is 29.8 Å². The molecule has 0 aliphatic heterocycles. The van der Waals surface area contributed by atoms with Crippen LogP contribution in [-0.4, -0.2) is 12.2 Å². The summed E-state index contributed by atoms with van der Waals surface area (Å²) in [7, 11) is 1.66. The zero-order chi connectivity index (χ0) is 21.8. The summed E-state index contributed by atoms with van der Waals surface area (Å²) in [5.41, 5.74) is 0.616. The van der Waals surface area contributed by atoms with Gasteiger partial charge >= 0.3 is 0 Å². The zero-order valence-corrected chi connectivity index (χ0v) is 18.3. The summed E-state index contributed by atoms with van der Waals surface area (Å²) in [6, 6.07) is 29.2. The molecule has 0 heterocycles. The zero-order valence-electron chi connectivity index (χ0n) is 17.6. The van der Waals surface area contributed by atoms with Crippen LogP contribution in [0.4, 0.5) is 0 Å². The SMILES string of the molecule is COc1ccc2cc(C(Cl)CC(C)(O)c3cccc(Oc4ccccc4)c3)ccc2c1. The molecule has 4 heteroatoms. The number of hydrogen-bond acceptors (Lipinski definition) is 3. The number of halogens is 1. The average Bonchev–Trinajstić information content (AvgIpc) is 2.79. The maximum absolute atomic E-state index is 11.2. The van der Waals surface area contributed by atoms with Gasteiger partial charge in [-0.1, -0.05) is 48.5 Å². The average molecular weight is 433 g/mol. The lowest BCUT2D eigenvalue weighted by Gasteiger charge is -2.27. The molecule has 2 unspecified atom stereocenters. The third kappa shape index (κ3) is 5.01. The first kappa shape index (κ1) is 21.2. The van der Waals surface area contributed by atoms with Crippen molar-refractivity contribution >= 4 is 22.4 Å². The van der Waals surface area contributed by atoms with Crippen molar-refractivity contribution < 1.29 is 14.6 Å². The summed E-state index contributed by atoms with van der Waals surface area (Å²) in [6.07, 6.45) is 0.366. The molecular weight excluding hydrogens is 408 g/mol. The molecule has 3 nitrogen and oxygen atoms in total. The van der Waals surface area contributed by atoms with Crippen molar-refractivity contribution in [3.8, 4) is 17.2 Å². The van der Waals surface area contributed by atoms with E-state index >= 15 is 0 Å². The molecule has 1 N–H and O–H groups in total. The first-order valence-corrected chi connectivity index (χ1v) is 10.7. The Labute approximate surface area is 187 Å². The summed E-state index contributed by atoms with van der Waals surface area (Å²) >= 11 is 6.75. The number of benzene rings is 4. The summed E-state index contributed by atoms with van der Waals surface area (Å²) in [5.74, 6) is 2.25. The van der Waals surface area contributed by atoms with Crippen LogP contribution < -0.4 is 9.47 Å². The molecule has 4 aromatic carbocycles. The minimum absolute atomic E-state index is 0.347. The second kappa shape index (κ2) is 9.01. The van der Waals surface area contributed by atoms with Gasteiger partial charge in [-0.15, -0.1) is 11.6 Å². The number of methoxy groups -OCH3 is 1. The lowest BCUT2D eigenvalue weighted by atomic mass is 9.88. The quantitative estimate of drug-likeness (QED) is 0.313. The van der Waals surface area contributed by atoms with Crippen molar-refractivity contribution in [3.05, 3.63) is 102 Å². The molecular formula is C27H25ClO3. The van der Waals surface area contributed by atoms with Gasteiger partial charge in [0, 0.05) is 6.42 Å². The van der Waals surface area contributed by atoms with Crippen molar-refractivity contribution in [1.82, 2.24) is 0 Å². The minimum atomic E-state index is -1.11. The molecule has 158 valence electrons. The Morgan fingerprint density at radius 2 is 1.52 bits per heavy atom. The molecule has 0 saturated carbocycles. The molecule has 0 aliphatic carbocycles. The highest BCUT2D eigenvalue weighted by Gasteiger charge is 2.28. The second-order valence-corrected chi connectivity index (χ2v) is 8.39. The van der Waals surface area contributed by atoms with Crippen LogP contribution in [0.5, 0.6) is 17.2 Å². The first-order valence-electron chi connectivity index (χ1n) is 10.2. The number of rotatable bonds is 7. The van der Waals surface area contributed by atoms with E-state index in [4.69, 9.17) is 21.1 Å². The minimum Gasteiger partial charge on any atom is -0.497 e. The van der Waals surface area contributed by atoms with Crippen LogP contribution in [-0.2, 0) is 5.60 Å². The molecule has 31 heavy (non-hydrogen) atoms. The topological polar surface area (TPSA) is 38.7 Å². The second-order valence-electron chi connectivity index (χ2n) is 7.86. The highest BCUT2D eigenvalue weighted by atomic mass is 35.5. The van der Waals surface area contributed by atoms with E-state index in [1.807, 2.05) is 84.9 Å². The predicted molar refractivity (Wildman–Crippen MR) is 126 cm³/mol. The lowest BCUT2D eigenvalue weighted by Crippen LogP contribution is -2.23. The largest absolute Gasteiger partial charge is 0.497 e. The van der Waals surface area contributed by atoms with Gasteiger partial charge in [0.05, 0.1) is 18.1 Å². The smallest absolute Gasteiger partial charge is 0.127 e. The van der Waals surface area contributed by atoms with Crippen molar-refractivity contribution in [2.45, 2.75) is 24.3 Å². The van der Waals surface area contributed by atoms with Crippen molar-refractivity contribution in [2.24, 2.45) is 0 Å². The Hall–Kier alpha value is -3.01. The standard InChI is InChI=1S/C27H25ClO3/c1-27(29,22-7-6-10-25(17-22)31-23-8-4-3-5-9-23)18-26(28)21-12-11-20-16-24(30-2)14-13-19(20)15-21/h3-17,26,29H,18H2,1-2H3. The molecule has 2 atom stereocenters. The third-order valence-corrected chi connectivity index (χ3v) is 5.85. The Kier molecular flexibility index (Phi) is 6.17. The number of hydrogen-bond donors (Lipinski definition) is 1. The fraction of sp³-hybridized carbons (Fsp3) is 0.185. The monoisotopic (exact) mass is 432 g/mol. The first-order chi connectivity index (χ1) is 14.9. The van der Waals surface area contributed by atoms with Gasteiger partial charge in [0.15, 0.2) is 0 Å². The van der Waals surface area contributed by atoms with Gasteiger partial charge in [0.25, 0.3) is 0 Å². The maximum Gasteiger partial charge on any atom is 0.127 e. The Bertz CT molecular complexity index is 1170. The van der Waals surface area contributed by atoms with Crippen LogP contribution >= 0.6 is 11.6 Å². The maximum atomic E-state index is 11.2. The molecule has 0 bridgehead atoms. The molecule has 0 amide bonds. The number of alkyl halides is 1. The van der Waals surface area contributed by atoms with Crippen molar-refractivity contribution in [2.75, 3.05) is 7.11 Å². The fourth-order valence-corrected chi connectivity index (χ4v) is 4.10. The normalized spacial score (nSPS) is 14.1. The highest BCUT2D eigenvalue weighted by Crippen LogP contribution is 2.38. The molecule has 4 aromatic rings. The van der Waals surface area contributed by atoms with E-state index in [0.717, 1.165) is 33.4 Å². The summed E-state index contributed by atoms with van der Waals surface area (Å²) in [6.45, 7) is 1.79. The van der Waals surface area contributed by atoms with Gasteiger partial charge in [-0.2, -0.15) is 0 Å².